The van der Waals surface area contributed by atoms with E-state index in [-0.39, 0.29) is 12.3 Å². The maximum absolute atomic E-state index is 12.4. The van der Waals surface area contributed by atoms with Crippen LogP contribution in [0, 0.1) is 0 Å². The second-order valence-corrected chi connectivity index (χ2v) is 5.16. The van der Waals surface area contributed by atoms with Gasteiger partial charge in [0.1, 0.15) is 11.8 Å². The number of alkyl halides is 2. The van der Waals surface area contributed by atoms with Gasteiger partial charge in [-0.25, -0.2) is 0 Å². The summed E-state index contributed by atoms with van der Waals surface area (Å²) in [5, 5.41) is 3.48. The number of benzene rings is 1. The number of nitrogens with two attached hydrogens (primary N) is 1. The standard InChI is InChI=1S/C13H16ClF2N3O2/c14-9-1-2-11(21-13(15)16)8(5-9)7-19-4-3-18-6-10(19)12(17)20/h1-2,5,10,13,18H,3-4,6-7H2,(H2,17,20). The van der Waals surface area contributed by atoms with Crippen molar-refractivity contribution < 1.29 is 18.3 Å². The van der Waals surface area contributed by atoms with Crippen LogP contribution in [0.2, 0.25) is 5.02 Å². The van der Waals surface area contributed by atoms with E-state index >= 15 is 0 Å². The Balaban J connectivity index is 2.20. The normalized spacial score (nSPS) is 19.7. The molecule has 0 bridgehead atoms. The minimum Gasteiger partial charge on any atom is -0.434 e. The molecule has 0 radical (unpaired) electrons. The van der Waals surface area contributed by atoms with E-state index < -0.39 is 18.6 Å². The van der Waals surface area contributed by atoms with Gasteiger partial charge in [-0.3, -0.25) is 9.69 Å². The van der Waals surface area contributed by atoms with Crippen LogP contribution in [0.1, 0.15) is 5.56 Å². The number of nitrogens with one attached hydrogen (secondary N) is 1. The van der Waals surface area contributed by atoms with Crippen LogP contribution in [-0.2, 0) is 11.3 Å². The van der Waals surface area contributed by atoms with Crippen molar-refractivity contribution in [1.29, 1.82) is 0 Å². The summed E-state index contributed by atoms with van der Waals surface area (Å²) in [6, 6.07) is 3.94. The predicted octanol–water partition coefficient (Wildman–Crippen LogP) is 1.20. The minimum absolute atomic E-state index is 0.0520. The molecule has 1 fully saturated rings. The van der Waals surface area contributed by atoms with E-state index in [4.69, 9.17) is 17.3 Å². The van der Waals surface area contributed by atoms with Gasteiger partial charge in [-0.15, -0.1) is 0 Å². The molecule has 1 heterocycles. The minimum atomic E-state index is -2.92. The second kappa shape index (κ2) is 7.02. The Bertz CT molecular complexity index is 516. The van der Waals surface area contributed by atoms with Gasteiger partial charge in [-0.05, 0) is 18.2 Å². The monoisotopic (exact) mass is 319 g/mol. The van der Waals surface area contributed by atoms with Crippen LogP contribution in [0.25, 0.3) is 0 Å². The summed E-state index contributed by atoms with van der Waals surface area (Å²) >= 11 is 5.90. The molecule has 21 heavy (non-hydrogen) atoms. The molecule has 0 aromatic heterocycles. The lowest BCUT2D eigenvalue weighted by Gasteiger charge is -2.34. The maximum Gasteiger partial charge on any atom is 0.387 e. The van der Waals surface area contributed by atoms with Gasteiger partial charge in [-0.2, -0.15) is 8.78 Å². The van der Waals surface area contributed by atoms with Gasteiger partial charge in [0, 0.05) is 36.8 Å². The highest BCUT2D eigenvalue weighted by Crippen LogP contribution is 2.26. The van der Waals surface area contributed by atoms with Crippen LogP contribution in [0.3, 0.4) is 0 Å². The van der Waals surface area contributed by atoms with Crippen molar-refractivity contribution in [2.45, 2.75) is 19.2 Å². The number of halogens is 3. The van der Waals surface area contributed by atoms with E-state index in [9.17, 15) is 13.6 Å². The molecule has 2 rings (SSSR count). The first-order chi connectivity index (χ1) is 9.97. The fourth-order valence-electron chi connectivity index (χ4n) is 2.32. The summed E-state index contributed by atoms with van der Waals surface area (Å²) < 4.78 is 29.4. The first-order valence-corrected chi connectivity index (χ1v) is 6.82. The number of nitrogens with zero attached hydrogens (tertiary/aromatic N) is 1. The number of hydrogen-bond acceptors (Lipinski definition) is 4. The van der Waals surface area contributed by atoms with Gasteiger partial charge >= 0.3 is 6.61 Å². The fourth-order valence-corrected chi connectivity index (χ4v) is 2.51. The summed E-state index contributed by atoms with van der Waals surface area (Å²) in [4.78, 5) is 13.3. The highest BCUT2D eigenvalue weighted by atomic mass is 35.5. The van der Waals surface area contributed by atoms with E-state index in [2.05, 4.69) is 10.1 Å². The lowest BCUT2D eigenvalue weighted by Crippen LogP contribution is -2.56. The number of carbonyl (C=O) groups excluding carboxylic acids is 1. The third kappa shape index (κ3) is 4.26. The van der Waals surface area contributed by atoms with Crippen molar-refractivity contribution in [3.8, 4) is 5.75 Å². The van der Waals surface area contributed by atoms with Crippen molar-refractivity contribution in [1.82, 2.24) is 10.2 Å². The molecule has 1 aliphatic rings. The first kappa shape index (κ1) is 15.9. The molecule has 1 unspecified atom stereocenters. The van der Waals surface area contributed by atoms with Crippen molar-refractivity contribution in [3.63, 3.8) is 0 Å². The summed E-state index contributed by atoms with van der Waals surface area (Å²) in [6.45, 7) is -0.956. The molecule has 1 atom stereocenters. The zero-order chi connectivity index (χ0) is 15.4. The number of ether oxygens (including phenoxy) is 1. The number of carbonyl (C=O) groups is 1. The van der Waals surface area contributed by atoms with Gasteiger partial charge in [0.25, 0.3) is 0 Å². The fraction of sp³-hybridized carbons (Fsp3) is 0.462. The summed E-state index contributed by atoms with van der Waals surface area (Å²) in [6.07, 6.45) is 0. The molecule has 116 valence electrons. The number of primary amides is 1. The molecule has 1 aliphatic heterocycles. The zero-order valence-corrected chi connectivity index (χ0v) is 11.9. The molecule has 1 aromatic carbocycles. The van der Waals surface area contributed by atoms with Crippen LogP contribution in [-0.4, -0.2) is 43.1 Å². The molecular formula is C13H16ClF2N3O2. The Morgan fingerprint density at radius 1 is 1.57 bits per heavy atom. The topological polar surface area (TPSA) is 67.6 Å². The largest absolute Gasteiger partial charge is 0.434 e. The number of rotatable bonds is 5. The Morgan fingerprint density at radius 3 is 3.00 bits per heavy atom. The smallest absolute Gasteiger partial charge is 0.387 e. The van der Waals surface area contributed by atoms with Crippen LogP contribution < -0.4 is 15.8 Å². The quantitative estimate of drug-likeness (QED) is 0.856. The number of piperazine rings is 1. The Morgan fingerprint density at radius 2 is 2.33 bits per heavy atom. The lowest BCUT2D eigenvalue weighted by molar-refractivity contribution is -0.124. The maximum atomic E-state index is 12.4. The molecule has 0 saturated carbocycles. The number of hydrogen-bond donors (Lipinski definition) is 2. The van der Waals surface area contributed by atoms with Crippen molar-refractivity contribution in [2.75, 3.05) is 19.6 Å². The third-order valence-corrected chi connectivity index (χ3v) is 3.53. The van der Waals surface area contributed by atoms with Gasteiger partial charge < -0.3 is 15.8 Å². The average molecular weight is 320 g/mol. The Kier molecular flexibility index (Phi) is 5.33. The molecule has 1 saturated heterocycles. The van der Waals surface area contributed by atoms with E-state index in [0.29, 0.717) is 30.2 Å². The SMILES string of the molecule is NC(=O)C1CNCCN1Cc1cc(Cl)ccc1OC(F)F. The van der Waals surface area contributed by atoms with Crippen LogP contribution in [0.15, 0.2) is 18.2 Å². The van der Waals surface area contributed by atoms with Crippen molar-refractivity contribution in [2.24, 2.45) is 5.73 Å². The highest BCUT2D eigenvalue weighted by molar-refractivity contribution is 6.30. The first-order valence-electron chi connectivity index (χ1n) is 6.44. The Labute approximate surface area is 126 Å². The van der Waals surface area contributed by atoms with Gasteiger partial charge in [-0.1, -0.05) is 11.6 Å². The van der Waals surface area contributed by atoms with Gasteiger partial charge in [0.05, 0.1) is 0 Å². The molecule has 5 nitrogen and oxygen atoms in total. The van der Waals surface area contributed by atoms with E-state index in [1.54, 1.807) is 6.07 Å². The predicted molar refractivity (Wildman–Crippen MR) is 74.3 cm³/mol. The van der Waals surface area contributed by atoms with E-state index in [1.165, 1.54) is 12.1 Å². The van der Waals surface area contributed by atoms with Gasteiger partial charge in [0.15, 0.2) is 0 Å². The molecule has 0 aliphatic carbocycles. The molecule has 1 aromatic rings. The van der Waals surface area contributed by atoms with E-state index in [0.717, 1.165) is 0 Å². The third-order valence-electron chi connectivity index (χ3n) is 3.29. The number of amides is 1. The molecule has 0 spiro atoms. The van der Waals surface area contributed by atoms with Crippen molar-refractivity contribution in [3.05, 3.63) is 28.8 Å². The summed E-state index contributed by atoms with van der Waals surface area (Å²) in [5.74, 6) is -0.406. The van der Waals surface area contributed by atoms with Gasteiger partial charge in [0.2, 0.25) is 5.91 Å². The summed E-state index contributed by atoms with van der Waals surface area (Å²) in [7, 11) is 0. The molecule has 8 heteroatoms. The van der Waals surface area contributed by atoms with Crippen LogP contribution in [0.5, 0.6) is 5.75 Å². The second-order valence-electron chi connectivity index (χ2n) is 4.72. The zero-order valence-electron chi connectivity index (χ0n) is 11.2. The van der Waals surface area contributed by atoms with Crippen LogP contribution in [0.4, 0.5) is 8.78 Å². The molecule has 1 amide bonds. The average Bonchev–Trinajstić information content (AvgIpc) is 2.42. The van der Waals surface area contributed by atoms with Crippen molar-refractivity contribution >= 4 is 17.5 Å². The summed E-state index contributed by atoms with van der Waals surface area (Å²) in [5.41, 5.74) is 5.86. The lowest BCUT2D eigenvalue weighted by atomic mass is 10.1. The van der Waals surface area contributed by atoms with Crippen LogP contribution >= 0.6 is 11.6 Å². The molecular weight excluding hydrogens is 304 g/mol. The van der Waals surface area contributed by atoms with E-state index in [1.807, 2.05) is 4.90 Å². The Hall–Kier alpha value is -1.44. The molecule has 3 N–H and O–H groups in total. The highest BCUT2D eigenvalue weighted by Gasteiger charge is 2.27.